The zero-order valence-electron chi connectivity index (χ0n) is 10.6. The summed E-state index contributed by atoms with van der Waals surface area (Å²) in [7, 11) is 0. The Kier molecular flexibility index (Phi) is 4.11. The molecular weight excluding hydrogens is 249 g/mol. The Balaban J connectivity index is 2.22. The van der Waals surface area contributed by atoms with E-state index in [1.807, 2.05) is 6.92 Å². The molecular formula is C13H16FN3O2. The van der Waals surface area contributed by atoms with Gasteiger partial charge < -0.3 is 10.4 Å². The summed E-state index contributed by atoms with van der Waals surface area (Å²) in [5.74, 6) is -0.569. The largest absolute Gasteiger partial charge is 0.395 e. The van der Waals surface area contributed by atoms with E-state index in [1.165, 1.54) is 6.07 Å². The topological polar surface area (TPSA) is 73.7 Å². The molecule has 2 rings (SSSR count). The smallest absolute Gasteiger partial charge is 0.240 e. The lowest BCUT2D eigenvalue weighted by Gasteiger charge is -2.19. The van der Waals surface area contributed by atoms with E-state index in [0.29, 0.717) is 29.9 Å². The van der Waals surface area contributed by atoms with Crippen molar-refractivity contribution in [1.82, 2.24) is 5.43 Å². The number of carbonyl (C=O) groups excluding carboxylic acids is 1. The molecule has 1 aromatic carbocycles. The van der Waals surface area contributed by atoms with Crippen LogP contribution in [0.2, 0.25) is 0 Å². The first-order valence-corrected chi connectivity index (χ1v) is 6.13. The van der Waals surface area contributed by atoms with E-state index in [-0.39, 0.29) is 18.4 Å². The van der Waals surface area contributed by atoms with E-state index in [9.17, 15) is 9.18 Å². The molecule has 0 bridgehead atoms. The summed E-state index contributed by atoms with van der Waals surface area (Å²) in [5.41, 5.74) is 4.07. The molecule has 3 N–H and O–H groups in total. The highest BCUT2D eigenvalue weighted by atomic mass is 19.1. The van der Waals surface area contributed by atoms with E-state index in [0.717, 1.165) is 0 Å². The standard InChI is InChI=1S/C13H16FN3O2/c1-8-6-12(19)16-17-13(8)9-2-3-11(10(14)7-9)15-4-5-18/h2-3,7-8,15,18H,4-6H2,1H3,(H,16,19). The lowest BCUT2D eigenvalue weighted by atomic mass is 9.94. The number of carbonyl (C=O) groups is 1. The third-order valence-corrected chi connectivity index (χ3v) is 2.95. The van der Waals surface area contributed by atoms with Crippen molar-refractivity contribution < 1.29 is 14.3 Å². The number of aliphatic hydroxyl groups excluding tert-OH is 1. The number of hydrazone groups is 1. The van der Waals surface area contributed by atoms with Crippen molar-refractivity contribution in [2.45, 2.75) is 13.3 Å². The Morgan fingerprint density at radius 3 is 3.00 bits per heavy atom. The van der Waals surface area contributed by atoms with Crippen LogP contribution in [0.4, 0.5) is 10.1 Å². The van der Waals surface area contributed by atoms with E-state index >= 15 is 0 Å². The molecule has 1 aliphatic rings. The number of amides is 1. The third-order valence-electron chi connectivity index (χ3n) is 2.95. The van der Waals surface area contributed by atoms with Crippen molar-refractivity contribution in [2.75, 3.05) is 18.5 Å². The van der Waals surface area contributed by atoms with E-state index in [1.54, 1.807) is 12.1 Å². The highest BCUT2D eigenvalue weighted by Crippen LogP contribution is 2.21. The summed E-state index contributed by atoms with van der Waals surface area (Å²) in [4.78, 5) is 11.2. The Labute approximate surface area is 110 Å². The van der Waals surface area contributed by atoms with Crippen molar-refractivity contribution in [2.24, 2.45) is 11.0 Å². The van der Waals surface area contributed by atoms with Crippen LogP contribution in [0.25, 0.3) is 0 Å². The van der Waals surface area contributed by atoms with Gasteiger partial charge in [-0.05, 0) is 12.1 Å². The molecule has 0 aliphatic carbocycles. The number of benzene rings is 1. The number of nitrogens with zero attached hydrogens (tertiary/aromatic N) is 1. The highest BCUT2D eigenvalue weighted by Gasteiger charge is 2.22. The maximum Gasteiger partial charge on any atom is 0.240 e. The van der Waals surface area contributed by atoms with Gasteiger partial charge in [0.05, 0.1) is 18.0 Å². The lowest BCUT2D eigenvalue weighted by molar-refractivity contribution is -0.121. The molecule has 0 fully saturated rings. The maximum absolute atomic E-state index is 13.8. The average molecular weight is 265 g/mol. The lowest BCUT2D eigenvalue weighted by Crippen LogP contribution is -2.32. The van der Waals surface area contributed by atoms with Crippen LogP contribution in [0.3, 0.4) is 0 Å². The first-order valence-electron chi connectivity index (χ1n) is 6.13. The van der Waals surface area contributed by atoms with E-state index < -0.39 is 5.82 Å². The van der Waals surface area contributed by atoms with Crippen molar-refractivity contribution >= 4 is 17.3 Å². The Bertz CT molecular complexity index is 517. The van der Waals surface area contributed by atoms with Gasteiger partial charge in [-0.25, -0.2) is 9.82 Å². The van der Waals surface area contributed by atoms with Gasteiger partial charge in [0.25, 0.3) is 0 Å². The fourth-order valence-corrected chi connectivity index (χ4v) is 2.01. The van der Waals surface area contributed by atoms with Gasteiger partial charge in [0.15, 0.2) is 0 Å². The summed E-state index contributed by atoms with van der Waals surface area (Å²) >= 11 is 0. The second-order valence-electron chi connectivity index (χ2n) is 4.48. The van der Waals surface area contributed by atoms with Crippen LogP contribution in [0.15, 0.2) is 23.3 Å². The molecule has 0 saturated heterocycles. The summed E-state index contributed by atoms with van der Waals surface area (Å²) in [6, 6.07) is 4.73. The predicted molar refractivity (Wildman–Crippen MR) is 70.4 cm³/mol. The predicted octanol–water partition coefficient (Wildman–Crippen LogP) is 1.09. The number of rotatable bonds is 4. The van der Waals surface area contributed by atoms with Crippen molar-refractivity contribution in [3.63, 3.8) is 0 Å². The van der Waals surface area contributed by atoms with Crippen LogP contribution < -0.4 is 10.7 Å². The second kappa shape index (κ2) is 5.79. The molecule has 0 aromatic heterocycles. The van der Waals surface area contributed by atoms with Crippen LogP contribution in [0.5, 0.6) is 0 Å². The van der Waals surface area contributed by atoms with Crippen molar-refractivity contribution in [3.8, 4) is 0 Å². The van der Waals surface area contributed by atoms with E-state index in [4.69, 9.17) is 5.11 Å². The van der Waals surface area contributed by atoms with Crippen LogP contribution >= 0.6 is 0 Å². The van der Waals surface area contributed by atoms with Gasteiger partial charge in [-0.3, -0.25) is 4.79 Å². The minimum Gasteiger partial charge on any atom is -0.395 e. The third kappa shape index (κ3) is 3.08. The average Bonchev–Trinajstić information content (AvgIpc) is 2.37. The zero-order valence-corrected chi connectivity index (χ0v) is 10.6. The monoisotopic (exact) mass is 265 g/mol. The molecule has 1 unspecified atom stereocenters. The fraction of sp³-hybridized carbons (Fsp3) is 0.385. The maximum atomic E-state index is 13.8. The summed E-state index contributed by atoms with van der Waals surface area (Å²) < 4.78 is 13.8. The number of halogens is 1. The molecule has 6 heteroatoms. The minimum absolute atomic E-state index is 0.0376. The molecule has 19 heavy (non-hydrogen) atoms. The minimum atomic E-state index is -0.405. The normalized spacial score (nSPS) is 18.8. The van der Waals surface area contributed by atoms with Gasteiger partial charge in [0.1, 0.15) is 5.82 Å². The second-order valence-corrected chi connectivity index (χ2v) is 4.48. The molecule has 0 radical (unpaired) electrons. The van der Waals surface area contributed by atoms with Gasteiger partial charge in [-0.2, -0.15) is 5.10 Å². The first kappa shape index (κ1) is 13.5. The summed E-state index contributed by atoms with van der Waals surface area (Å²) in [6.45, 7) is 2.12. The van der Waals surface area contributed by atoms with Crippen LogP contribution in [-0.2, 0) is 4.79 Å². The molecule has 1 heterocycles. The molecule has 102 valence electrons. The van der Waals surface area contributed by atoms with E-state index in [2.05, 4.69) is 15.8 Å². The molecule has 5 nitrogen and oxygen atoms in total. The van der Waals surface area contributed by atoms with Crippen LogP contribution in [0.1, 0.15) is 18.9 Å². The number of hydrogen-bond acceptors (Lipinski definition) is 4. The number of hydrogen-bond donors (Lipinski definition) is 3. The molecule has 1 amide bonds. The molecule has 0 saturated carbocycles. The Morgan fingerprint density at radius 1 is 1.58 bits per heavy atom. The SMILES string of the molecule is CC1CC(=O)NN=C1c1ccc(NCCO)c(F)c1. The molecule has 1 aliphatic heterocycles. The van der Waals surface area contributed by atoms with Gasteiger partial charge in [0.2, 0.25) is 5.91 Å². The van der Waals surface area contributed by atoms with Crippen molar-refractivity contribution in [3.05, 3.63) is 29.6 Å². The molecule has 0 spiro atoms. The number of anilines is 1. The van der Waals surface area contributed by atoms with Gasteiger partial charge in [0, 0.05) is 24.4 Å². The zero-order chi connectivity index (χ0) is 13.8. The first-order chi connectivity index (χ1) is 9.11. The quantitative estimate of drug-likeness (QED) is 0.763. The number of aliphatic hydroxyl groups is 1. The fourth-order valence-electron chi connectivity index (χ4n) is 2.01. The van der Waals surface area contributed by atoms with Crippen LogP contribution in [0, 0.1) is 11.7 Å². The van der Waals surface area contributed by atoms with Gasteiger partial charge in [-0.15, -0.1) is 0 Å². The molecule has 1 aromatic rings. The van der Waals surface area contributed by atoms with Crippen LogP contribution in [-0.4, -0.2) is 29.9 Å². The Hall–Kier alpha value is -1.95. The summed E-state index contributed by atoms with van der Waals surface area (Å²) in [6.07, 6.45) is 0.352. The summed E-state index contributed by atoms with van der Waals surface area (Å²) in [5, 5.41) is 15.5. The van der Waals surface area contributed by atoms with Crippen molar-refractivity contribution in [1.29, 1.82) is 0 Å². The number of nitrogens with one attached hydrogen (secondary N) is 2. The molecule has 1 atom stereocenters. The highest BCUT2D eigenvalue weighted by molar-refractivity contribution is 6.05. The Morgan fingerprint density at radius 2 is 2.37 bits per heavy atom. The van der Waals surface area contributed by atoms with Gasteiger partial charge in [-0.1, -0.05) is 13.0 Å². The van der Waals surface area contributed by atoms with Gasteiger partial charge >= 0.3 is 0 Å².